The van der Waals surface area contributed by atoms with E-state index in [9.17, 15) is 10.1 Å². The molecule has 0 aliphatic carbocycles. The topological polar surface area (TPSA) is 85.7 Å². The molecule has 2 N–H and O–H groups in total. The summed E-state index contributed by atoms with van der Waals surface area (Å²) in [4.78, 5) is 10.7. The number of anilines is 2. The summed E-state index contributed by atoms with van der Waals surface area (Å²) in [5.74, 6) is 1.29. The molecule has 3 rings (SSSR count). The van der Waals surface area contributed by atoms with E-state index in [0.717, 1.165) is 5.56 Å². The minimum atomic E-state index is -0.446. The van der Waals surface area contributed by atoms with Gasteiger partial charge in [0, 0.05) is 17.8 Å². The fourth-order valence-corrected chi connectivity index (χ4v) is 2.39. The van der Waals surface area contributed by atoms with Crippen LogP contribution in [-0.2, 0) is 0 Å². The first-order chi connectivity index (χ1) is 11.0. The van der Waals surface area contributed by atoms with Crippen LogP contribution in [0.3, 0.4) is 0 Å². The standard InChI is InChI=1S/C15H13N3O4S/c1-9-2-4-11(12(6-9)18(19)20)17-15(23)16-10-3-5-13-14(7-10)22-8-21-13/h2-7H,8H2,1H3,(H2,16,17,23). The summed E-state index contributed by atoms with van der Waals surface area (Å²) in [7, 11) is 0. The number of rotatable bonds is 3. The van der Waals surface area contributed by atoms with Crippen molar-refractivity contribution in [2.24, 2.45) is 0 Å². The van der Waals surface area contributed by atoms with Crippen LogP contribution in [0, 0.1) is 17.0 Å². The normalized spacial score (nSPS) is 11.9. The van der Waals surface area contributed by atoms with E-state index in [0.29, 0.717) is 22.9 Å². The van der Waals surface area contributed by atoms with Crippen LogP contribution in [0.4, 0.5) is 17.1 Å². The van der Waals surface area contributed by atoms with Crippen molar-refractivity contribution in [1.82, 2.24) is 0 Å². The first-order valence-corrected chi connectivity index (χ1v) is 7.16. The minimum absolute atomic E-state index is 0.0279. The second-order valence-corrected chi connectivity index (χ2v) is 5.33. The van der Waals surface area contributed by atoms with Gasteiger partial charge in [-0.2, -0.15) is 0 Å². The highest BCUT2D eigenvalue weighted by Crippen LogP contribution is 2.34. The fourth-order valence-electron chi connectivity index (χ4n) is 2.16. The molecule has 2 aromatic carbocycles. The molecule has 0 bridgehead atoms. The molecular weight excluding hydrogens is 318 g/mol. The van der Waals surface area contributed by atoms with Gasteiger partial charge in [0.05, 0.1) is 4.92 Å². The SMILES string of the molecule is Cc1ccc(NC(=S)Nc2ccc3c(c2)OCO3)c([N+](=O)[O-])c1. The number of hydrogen-bond acceptors (Lipinski definition) is 5. The molecule has 0 atom stereocenters. The van der Waals surface area contributed by atoms with Crippen molar-refractivity contribution in [1.29, 1.82) is 0 Å². The first kappa shape index (κ1) is 15.0. The molecule has 1 aliphatic rings. The highest BCUT2D eigenvalue weighted by molar-refractivity contribution is 7.80. The maximum Gasteiger partial charge on any atom is 0.292 e. The van der Waals surface area contributed by atoms with Gasteiger partial charge in [0.15, 0.2) is 16.6 Å². The number of fused-ring (bicyclic) bond motifs is 1. The van der Waals surface area contributed by atoms with Gasteiger partial charge in [-0.25, -0.2) is 0 Å². The average Bonchev–Trinajstić information content (AvgIpc) is 2.96. The number of nitrogens with one attached hydrogen (secondary N) is 2. The third-order valence-electron chi connectivity index (χ3n) is 3.23. The molecule has 0 radical (unpaired) electrons. The number of nitro groups is 1. The Morgan fingerprint density at radius 3 is 2.74 bits per heavy atom. The summed E-state index contributed by atoms with van der Waals surface area (Å²) in [6, 6.07) is 10.2. The molecule has 1 aliphatic heterocycles. The zero-order valence-corrected chi connectivity index (χ0v) is 13.0. The minimum Gasteiger partial charge on any atom is -0.454 e. The van der Waals surface area contributed by atoms with Gasteiger partial charge < -0.3 is 20.1 Å². The number of ether oxygens (including phenoxy) is 2. The van der Waals surface area contributed by atoms with Gasteiger partial charge in [0.2, 0.25) is 6.79 Å². The predicted molar refractivity (Wildman–Crippen MR) is 90.2 cm³/mol. The van der Waals surface area contributed by atoms with Gasteiger partial charge in [-0.05, 0) is 42.9 Å². The molecule has 0 saturated heterocycles. The lowest BCUT2D eigenvalue weighted by molar-refractivity contribution is -0.383. The third kappa shape index (κ3) is 3.32. The predicted octanol–water partition coefficient (Wildman–Crippen LogP) is 3.44. The van der Waals surface area contributed by atoms with Crippen LogP contribution in [0.5, 0.6) is 11.5 Å². The van der Waals surface area contributed by atoms with Crippen molar-refractivity contribution in [2.45, 2.75) is 6.92 Å². The van der Waals surface area contributed by atoms with Gasteiger partial charge in [-0.1, -0.05) is 6.07 Å². The van der Waals surface area contributed by atoms with E-state index in [4.69, 9.17) is 21.7 Å². The summed E-state index contributed by atoms with van der Waals surface area (Å²) in [5.41, 5.74) is 1.80. The van der Waals surface area contributed by atoms with Crippen molar-refractivity contribution < 1.29 is 14.4 Å². The van der Waals surface area contributed by atoms with E-state index in [1.807, 2.05) is 0 Å². The monoisotopic (exact) mass is 331 g/mol. The van der Waals surface area contributed by atoms with Crippen LogP contribution in [-0.4, -0.2) is 16.8 Å². The molecule has 23 heavy (non-hydrogen) atoms. The molecule has 8 heteroatoms. The second-order valence-electron chi connectivity index (χ2n) is 4.92. The molecule has 2 aromatic rings. The van der Waals surface area contributed by atoms with Crippen molar-refractivity contribution in [3.05, 3.63) is 52.1 Å². The molecule has 0 spiro atoms. The Morgan fingerprint density at radius 1 is 1.17 bits per heavy atom. The maximum atomic E-state index is 11.1. The van der Waals surface area contributed by atoms with E-state index in [2.05, 4.69) is 10.6 Å². The smallest absolute Gasteiger partial charge is 0.292 e. The van der Waals surface area contributed by atoms with Gasteiger partial charge >= 0.3 is 0 Å². The molecule has 1 heterocycles. The molecule has 0 fully saturated rings. The zero-order chi connectivity index (χ0) is 16.4. The zero-order valence-electron chi connectivity index (χ0n) is 12.2. The molecule has 0 amide bonds. The van der Waals surface area contributed by atoms with Gasteiger partial charge in [-0.3, -0.25) is 10.1 Å². The summed E-state index contributed by atoms with van der Waals surface area (Å²) >= 11 is 5.21. The van der Waals surface area contributed by atoms with E-state index in [-0.39, 0.29) is 17.6 Å². The summed E-state index contributed by atoms with van der Waals surface area (Å²) < 4.78 is 10.5. The summed E-state index contributed by atoms with van der Waals surface area (Å²) in [6.07, 6.45) is 0. The lowest BCUT2D eigenvalue weighted by Gasteiger charge is -2.11. The van der Waals surface area contributed by atoms with Crippen LogP contribution < -0.4 is 20.1 Å². The Balaban J connectivity index is 1.74. The van der Waals surface area contributed by atoms with E-state index >= 15 is 0 Å². The Hall–Kier alpha value is -2.87. The molecule has 118 valence electrons. The lowest BCUT2D eigenvalue weighted by Crippen LogP contribution is -2.19. The van der Waals surface area contributed by atoms with Crippen molar-refractivity contribution in [2.75, 3.05) is 17.4 Å². The number of nitro benzene ring substituents is 1. The highest BCUT2D eigenvalue weighted by Gasteiger charge is 2.16. The largest absolute Gasteiger partial charge is 0.454 e. The quantitative estimate of drug-likeness (QED) is 0.506. The summed E-state index contributed by atoms with van der Waals surface area (Å²) in [6.45, 7) is 1.98. The Labute approximate surface area is 137 Å². The average molecular weight is 331 g/mol. The van der Waals surface area contributed by atoms with Crippen LogP contribution in [0.2, 0.25) is 0 Å². The van der Waals surface area contributed by atoms with Crippen LogP contribution >= 0.6 is 12.2 Å². The molecular formula is C15H13N3O4S. The Bertz CT molecular complexity index is 794. The molecule has 7 nitrogen and oxygen atoms in total. The number of hydrogen-bond donors (Lipinski definition) is 2. The van der Waals surface area contributed by atoms with Crippen molar-refractivity contribution in [3.63, 3.8) is 0 Å². The van der Waals surface area contributed by atoms with Gasteiger partial charge in [0.1, 0.15) is 5.69 Å². The molecule has 0 aromatic heterocycles. The van der Waals surface area contributed by atoms with E-state index in [1.54, 1.807) is 37.3 Å². The highest BCUT2D eigenvalue weighted by atomic mass is 32.1. The van der Waals surface area contributed by atoms with Crippen LogP contribution in [0.1, 0.15) is 5.56 Å². The van der Waals surface area contributed by atoms with Crippen molar-refractivity contribution >= 4 is 34.4 Å². The molecule has 0 unspecified atom stereocenters. The number of thiocarbonyl (C=S) groups is 1. The summed E-state index contributed by atoms with van der Waals surface area (Å²) in [5, 5.41) is 17.2. The third-order valence-corrected chi connectivity index (χ3v) is 3.43. The van der Waals surface area contributed by atoms with Gasteiger partial charge in [-0.15, -0.1) is 0 Å². The lowest BCUT2D eigenvalue weighted by atomic mass is 10.2. The Morgan fingerprint density at radius 2 is 1.96 bits per heavy atom. The fraction of sp³-hybridized carbons (Fsp3) is 0.133. The van der Waals surface area contributed by atoms with E-state index in [1.165, 1.54) is 6.07 Å². The maximum absolute atomic E-state index is 11.1. The number of aryl methyl sites for hydroxylation is 1. The van der Waals surface area contributed by atoms with E-state index < -0.39 is 4.92 Å². The number of benzene rings is 2. The van der Waals surface area contributed by atoms with Crippen LogP contribution in [0.25, 0.3) is 0 Å². The second kappa shape index (κ2) is 6.09. The first-order valence-electron chi connectivity index (χ1n) is 6.75. The molecule has 0 saturated carbocycles. The van der Waals surface area contributed by atoms with Crippen molar-refractivity contribution in [3.8, 4) is 11.5 Å². The number of nitrogens with zero attached hydrogens (tertiary/aromatic N) is 1. The Kier molecular flexibility index (Phi) is 3.98. The van der Waals surface area contributed by atoms with Gasteiger partial charge in [0.25, 0.3) is 5.69 Å². The van der Waals surface area contributed by atoms with Crippen LogP contribution in [0.15, 0.2) is 36.4 Å².